The Hall–Kier alpha value is -2.74. The number of furan rings is 1. The first-order valence-electron chi connectivity index (χ1n) is 6.05. The molecule has 0 aliphatic carbocycles. The summed E-state index contributed by atoms with van der Waals surface area (Å²) in [4.78, 5) is 11.4. The average molecular weight is 270 g/mol. The van der Waals surface area contributed by atoms with Crippen LogP contribution in [0.25, 0.3) is 0 Å². The number of benzene rings is 1. The van der Waals surface area contributed by atoms with Crippen molar-refractivity contribution < 1.29 is 13.9 Å². The summed E-state index contributed by atoms with van der Waals surface area (Å²) in [5, 5.41) is 11.9. The molecule has 5 heteroatoms. The van der Waals surface area contributed by atoms with Crippen LogP contribution in [0.15, 0.2) is 34.7 Å². The fourth-order valence-electron chi connectivity index (χ4n) is 1.82. The lowest BCUT2D eigenvalue weighted by molar-refractivity contribution is 0.0600. The molecule has 0 saturated carbocycles. The third-order valence-corrected chi connectivity index (χ3v) is 2.87. The van der Waals surface area contributed by atoms with E-state index < -0.39 is 0 Å². The van der Waals surface area contributed by atoms with E-state index >= 15 is 0 Å². The van der Waals surface area contributed by atoms with Crippen LogP contribution in [0.3, 0.4) is 0 Å². The van der Waals surface area contributed by atoms with Crippen LogP contribution in [-0.4, -0.2) is 13.1 Å². The van der Waals surface area contributed by atoms with Gasteiger partial charge in [-0.1, -0.05) is 0 Å². The summed E-state index contributed by atoms with van der Waals surface area (Å²) in [5.74, 6) is 0.613. The molecule has 0 atom stereocenters. The Kier molecular flexibility index (Phi) is 4.06. The Balaban J connectivity index is 2.06. The molecule has 20 heavy (non-hydrogen) atoms. The number of hydrogen-bond donors (Lipinski definition) is 1. The predicted molar refractivity (Wildman–Crippen MR) is 73.3 cm³/mol. The van der Waals surface area contributed by atoms with Crippen molar-refractivity contribution in [3.8, 4) is 6.07 Å². The van der Waals surface area contributed by atoms with E-state index in [1.54, 1.807) is 24.3 Å². The number of anilines is 1. The van der Waals surface area contributed by atoms with Crippen LogP contribution in [0.2, 0.25) is 0 Å². The Labute approximate surface area is 116 Å². The number of nitrogens with zero attached hydrogens (tertiary/aromatic N) is 1. The SMILES string of the molecule is COC(=O)c1ccc(NCc2ccc(C#N)o2)c(C)c1. The number of hydrogen-bond acceptors (Lipinski definition) is 5. The summed E-state index contributed by atoms with van der Waals surface area (Å²) in [7, 11) is 1.35. The number of ether oxygens (including phenoxy) is 1. The van der Waals surface area contributed by atoms with Gasteiger partial charge in [0.1, 0.15) is 11.8 Å². The first-order chi connectivity index (χ1) is 9.63. The Morgan fingerprint density at radius 3 is 2.80 bits per heavy atom. The van der Waals surface area contributed by atoms with E-state index in [4.69, 9.17) is 9.68 Å². The van der Waals surface area contributed by atoms with Gasteiger partial charge >= 0.3 is 5.97 Å². The number of nitrogens with one attached hydrogen (secondary N) is 1. The Morgan fingerprint density at radius 1 is 1.40 bits per heavy atom. The van der Waals surface area contributed by atoms with Crippen molar-refractivity contribution >= 4 is 11.7 Å². The Bertz CT molecular complexity index is 668. The van der Waals surface area contributed by atoms with E-state index in [0.29, 0.717) is 23.6 Å². The van der Waals surface area contributed by atoms with Crippen molar-refractivity contribution in [1.29, 1.82) is 5.26 Å². The molecule has 1 aromatic heterocycles. The largest absolute Gasteiger partial charge is 0.465 e. The van der Waals surface area contributed by atoms with Gasteiger partial charge in [-0.15, -0.1) is 0 Å². The van der Waals surface area contributed by atoms with Crippen LogP contribution in [-0.2, 0) is 11.3 Å². The first kappa shape index (κ1) is 13.7. The minimum atomic E-state index is -0.357. The van der Waals surface area contributed by atoms with Crippen molar-refractivity contribution in [2.75, 3.05) is 12.4 Å². The van der Waals surface area contributed by atoms with Crippen LogP contribution in [0.1, 0.15) is 27.4 Å². The molecule has 0 saturated heterocycles. The maximum absolute atomic E-state index is 11.4. The highest BCUT2D eigenvalue weighted by molar-refractivity contribution is 5.90. The van der Waals surface area contributed by atoms with Gasteiger partial charge in [0.2, 0.25) is 5.76 Å². The molecule has 0 spiro atoms. The van der Waals surface area contributed by atoms with Crippen LogP contribution in [0.4, 0.5) is 5.69 Å². The van der Waals surface area contributed by atoms with Gasteiger partial charge in [-0.2, -0.15) is 5.26 Å². The lowest BCUT2D eigenvalue weighted by Crippen LogP contribution is -2.04. The van der Waals surface area contributed by atoms with Crippen molar-refractivity contribution in [1.82, 2.24) is 0 Å². The zero-order chi connectivity index (χ0) is 14.5. The third-order valence-electron chi connectivity index (χ3n) is 2.87. The van der Waals surface area contributed by atoms with Gasteiger partial charge in [0, 0.05) is 5.69 Å². The molecule has 1 aromatic carbocycles. The third kappa shape index (κ3) is 2.98. The lowest BCUT2D eigenvalue weighted by atomic mass is 10.1. The summed E-state index contributed by atoms with van der Waals surface area (Å²) in [6.07, 6.45) is 0. The molecule has 1 N–H and O–H groups in total. The monoisotopic (exact) mass is 270 g/mol. The molecule has 5 nitrogen and oxygen atoms in total. The lowest BCUT2D eigenvalue weighted by Gasteiger charge is -2.09. The van der Waals surface area contributed by atoms with Gasteiger partial charge in [-0.05, 0) is 42.8 Å². The standard InChI is InChI=1S/C15H14N2O3/c1-10-7-11(15(18)19-2)3-6-14(10)17-9-13-5-4-12(8-16)20-13/h3-7,17H,9H2,1-2H3. The fraction of sp³-hybridized carbons (Fsp3) is 0.200. The smallest absolute Gasteiger partial charge is 0.337 e. The second-order valence-corrected chi connectivity index (χ2v) is 4.25. The second-order valence-electron chi connectivity index (χ2n) is 4.25. The molecule has 2 aromatic rings. The molecule has 0 unspecified atom stereocenters. The zero-order valence-corrected chi connectivity index (χ0v) is 11.3. The van der Waals surface area contributed by atoms with Crippen molar-refractivity contribution in [3.05, 3.63) is 53.0 Å². The van der Waals surface area contributed by atoms with Crippen molar-refractivity contribution in [2.24, 2.45) is 0 Å². The Morgan fingerprint density at radius 2 is 2.20 bits per heavy atom. The highest BCUT2D eigenvalue weighted by Crippen LogP contribution is 2.18. The molecule has 102 valence electrons. The topological polar surface area (TPSA) is 75.3 Å². The maximum Gasteiger partial charge on any atom is 0.337 e. The zero-order valence-electron chi connectivity index (χ0n) is 11.3. The van der Waals surface area contributed by atoms with Crippen molar-refractivity contribution in [3.63, 3.8) is 0 Å². The second kappa shape index (κ2) is 5.93. The number of aryl methyl sites for hydroxylation is 1. The normalized spacial score (nSPS) is 9.85. The van der Waals surface area contributed by atoms with E-state index in [1.165, 1.54) is 7.11 Å². The van der Waals surface area contributed by atoms with Gasteiger partial charge < -0.3 is 14.5 Å². The summed E-state index contributed by atoms with van der Waals surface area (Å²) < 4.78 is 9.95. The molecule has 0 aliphatic rings. The molecular weight excluding hydrogens is 256 g/mol. The summed E-state index contributed by atoms with van der Waals surface area (Å²) in [6, 6.07) is 10.6. The van der Waals surface area contributed by atoms with E-state index in [-0.39, 0.29) is 5.97 Å². The van der Waals surface area contributed by atoms with Crippen LogP contribution in [0.5, 0.6) is 0 Å². The van der Waals surface area contributed by atoms with Gasteiger partial charge in [0.05, 0.1) is 19.2 Å². The fourth-order valence-corrected chi connectivity index (χ4v) is 1.82. The number of carbonyl (C=O) groups excluding carboxylic acids is 1. The number of nitriles is 1. The van der Waals surface area contributed by atoms with E-state index in [2.05, 4.69) is 10.1 Å². The van der Waals surface area contributed by atoms with E-state index in [1.807, 2.05) is 19.1 Å². The van der Waals surface area contributed by atoms with Gasteiger partial charge in [0.15, 0.2) is 0 Å². The molecule has 0 fully saturated rings. The molecule has 0 bridgehead atoms. The molecular formula is C15H14N2O3. The summed E-state index contributed by atoms with van der Waals surface area (Å²) >= 11 is 0. The number of carbonyl (C=O) groups is 1. The first-order valence-corrected chi connectivity index (χ1v) is 6.05. The summed E-state index contributed by atoms with van der Waals surface area (Å²) in [5.41, 5.74) is 2.34. The van der Waals surface area contributed by atoms with Crippen LogP contribution >= 0.6 is 0 Å². The minimum Gasteiger partial charge on any atom is -0.465 e. The van der Waals surface area contributed by atoms with Crippen LogP contribution in [0, 0.1) is 18.3 Å². The maximum atomic E-state index is 11.4. The number of rotatable bonds is 4. The minimum absolute atomic E-state index is 0.291. The van der Waals surface area contributed by atoms with Gasteiger partial charge in [0.25, 0.3) is 0 Å². The molecule has 1 heterocycles. The predicted octanol–water partition coefficient (Wildman–Crippen LogP) is 2.86. The number of esters is 1. The summed E-state index contributed by atoms with van der Waals surface area (Å²) in [6.45, 7) is 2.37. The van der Waals surface area contributed by atoms with E-state index in [9.17, 15) is 4.79 Å². The van der Waals surface area contributed by atoms with Gasteiger partial charge in [-0.3, -0.25) is 0 Å². The molecule has 0 radical (unpaired) electrons. The van der Waals surface area contributed by atoms with Crippen molar-refractivity contribution in [2.45, 2.75) is 13.5 Å². The van der Waals surface area contributed by atoms with Gasteiger partial charge in [-0.25, -0.2) is 4.79 Å². The van der Waals surface area contributed by atoms with E-state index in [0.717, 1.165) is 11.3 Å². The van der Waals surface area contributed by atoms with Crippen LogP contribution < -0.4 is 5.32 Å². The highest BCUT2D eigenvalue weighted by Gasteiger charge is 2.08. The quantitative estimate of drug-likeness (QED) is 0.864. The average Bonchev–Trinajstić information content (AvgIpc) is 2.93. The molecule has 0 aliphatic heterocycles. The molecule has 2 rings (SSSR count). The molecule has 0 amide bonds. The number of methoxy groups -OCH3 is 1. The highest BCUT2D eigenvalue weighted by atomic mass is 16.5.